The van der Waals surface area contributed by atoms with Crippen LogP contribution < -0.4 is 0 Å². The first-order chi connectivity index (χ1) is 8.72. The maximum atomic E-state index is 13.4. The molecule has 0 spiro atoms. The van der Waals surface area contributed by atoms with Crippen LogP contribution in [0.1, 0.15) is 16.7 Å². The molecule has 0 bridgehead atoms. The summed E-state index contributed by atoms with van der Waals surface area (Å²) in [7, 11) is 0. The summed E-state index contributed by atoms with van der Waals surface area (Å²) < 4.78 is 13.4. The molecule has 0 unspecified atom stereocenters. The molecule has 1 heterocycles. The summed E-state index contributed by atoms with van der Waals surface area (Å²) >= 11 is 0. The summed E-state index contributed by atoms with van der Waals surface area (Å²) in [6, 6.07) is 11.5. The van der Waals surface area contributed by atoms with Crippen LogP contribution in [0, 0.1) is 12.7 Å². The van der Waals surface area contributed by atoms with Gasteiger partial charge in [-0.25, -0.2) is 4.39 Å². The number of aryl methyl sites for hydroxylation is 1. The van der Waals surface area contributed by atoms with Gasteiger partial charge in [-0.3, -0.25) is 0 Å². The Balaban J connectivity index is 2.06. The van der Waals surface area contributed by atoms with Crippen molar-refractivity contribution in [3.05, 3.63) is 58.9 Å². The number of aromatic amines is 1. The van der Waals surface area contributed by atoms with Gasteiger partial charge in [0.25, 0.3) is 0 Å². The van der Waals surface area contributed by atoms with E-state index in [0.29, 0.717) is 0 Å². The molecule has 0 amide bonds. The standard InChI is InChI=1S/C16H12FN/c1-9-2-5-12-14-7-10-3-4-11(17)8-13(10)16(14)18-15(12)6-9/h2-6,8,18H,7H2,1H3. The number of halogens is 1. The number of benzene rings is 2. The average Bonchev–Trinajstić information content (AvgIpc) is 2.84. The lowest BCUT2D eigenvalue weighted by Gasteiger charge is -2.00. The highest BCUT2D eigenvalue weighted by atomic mass is 19.1. The number of rotatable bonds is 0. The lowest BCUT2D eigenvalue weighted by atomic mass is 10.1. The van der Waals surface area contributed by atoms with Crippen molar-refractivity contribution in [3.63, 3.8) is 0 Å². The zero-order valence-electron chi connectivity index (χ0n) is 10.0. The van der Waals surface area contributed by atoms with E-state index in [-0.39, 0.29) is 5.82 Å². The van der Waals surface area contributed by atoms with E-state index in [1.165, 1.54) is 28.1 Å². The molecule has 1 aromatic heterocycles. The molecule has 0 fully saturated rings. The Bertz CT molecular complexity index is 783. The average molecular weight is 237 g/mol. The predicted octanol–water partition coefficient (Wildman–Crippen LogP) is 4.19. The smallest absolute Gasteiger partial charge is 0.123 e. The number of hydrogen-bond acceptors (Lipinski definition) is 0. The van der Waals surface area contributed by atoms with E-state index in [0.717, 1.165) is 23.2 Å². The maximum absolute atomic E-state index is 13.4. The van der Waals surface area contributed by atoms with Gasteiger partial charge in [-0.1, -0.05) is 18.2 Å². The van der Waals surface area contributed by atoms with Gasteiger partial charge >= 0.3 is 0 Å². The van der Waals surface area contributed by atoms with Crippen LogP contribution in [0.3, 0.4) is 0 Å². The molecule has 1 aliphatic carbocycles. The highest BCUT2D eigenvalue weighted by Crippen LogP contribution is 2.40. The van der Waals surface area contributed by atoms with E-state index in [2.05, 4.69) is 30.1 Å². The second-order valence-electron chi connectivity index (χ2n) is 5.01. The Kier molecular flexibility index (Phi) is 1.77. The minimum atomic E-state index is -0.170. The number of fused-ring (bicyclic) bond motifs is 5. The molecule has 0 atom stereocenters. The molecule has 18 heavy (non-hydrogen) atoms. The minimum Gasteiger partial charge on any atom is -0.354 e. The lowest BCUT2D eigenvalue weighted by Crippen LogP contribution is -1.84. The zero-order chi connectivity index (χ0) is 12.3. The maximum Gasteiger partial charge on any atom is 0.123 e. The quantitative estimate of drug-likeness (QED) is 0.472. The van der Waals surface area contributed by atoms with Crippen molar-refractivity contribution in [2.45, 2.75) is 13.3 Å². The van der Waals surface area contributed by atoms with Gasteiger partial charge in [-0.15, -0.1) is 0 Å². The van der Waals surface area contributed by atoms with Crippen molar-refractivity contribution in [1.82, 2.24) is 4.98 Å². The van der Waals surface area contributed by atoms with Crippen molar-refractivity contribution < 1.29 is 4.39 Å². The van der Waals surface area contributed by atoms with Gasteiger partial charge in [0.15, 0.2) is 0 Å². The van der Waals surface area contributed by atoms with E-state index in [4.69, 9.17) is 0 Å². The van der Waals surface area contributed by atoms with Gasteiger partial charge < -0.3 is 4.98 Å². The van der Waals surface area contributed by atoms with Crippen LogP contribution in [0.25, 0.3) is 22.2 Å². The first kappa shape index (κ1) is 9.89. The van der Waals surface area contributed by atoms with E-state index in [1.54, 1.807) is 6.07 Å². The minimum absolute atomic E-state index is 0.170. The number of aromatic nitrogens is 1. The molecule has 1 aliphatic rings. The topological polar surface area (TPSA) is 15.8 Å². The van der Waals surface area contributed by atoms with Crippen LogP contribution in [0.5, 0.6) is 0 Å². The van der Waals surface area contributed by atoms with Crippen LogP contribution in [-0.2, 0) is 6.42 Å². The Morgan fingerprint density at radius 1 is 1.11 bits per heavy atom. The Labute approximate surface area is 104 Å². The van der Waals surface area contributed by atoms with Crippen molar-refractivity contribution >= 4 is 10.9 Å². The van der Waals surface area contributed by atoms with Crippen LogP contribution in [0.4, 0.5) is 4.39 Å². The summed E-state index contributed by atoms with van der Waals surface area (Å²) in [5.74, 6) is -0.170. The number of hydrogen-bond donors (Lipinski definition) is 1. The molecule has 2 heteroatoms. The largest absolute Gasteiger partial charge is 0.354 e. The predicted molar refractivity (Wildman–Crippen MR) is 71.2 cm³/mol. The molecule has 0 aliphatic heterocycles. The van der Waals surface area contributed by atoms with Crippen LogP contribution in [-0.4, -0.2) is 4.98 Å². The summed E-state index contributed by atoms with van der Waals surface area (Å²) in [6.07, 6.45) is 0.897. The van der Waals surface area contributed by atoms with Crippen LogP contribution in [0.15, 0.2) is 36.4 Å². The van der Waals surface area contributed by atoms with Gasteiger partial charge in [0, 0.05) is 22.9 Å². The lowest BCUT2D eigenvalue weighted by molar-refractivity contribution is 0.628. The summed E-state index contributed by atoms with van der Waals surface area (Å²) in [5, 5.41) is 1.26. The molecule has 0 radical (unpaired) electrons. The summed E-state index contributed by atoms with van der Waals surface area (Å²) in [5.41, 5.74) is 6.99. The van der Waals surface area contributed by atoms with Crippen molar-refractivity contribution in [2.24, 2.45) is 0 Å². The molecule has 88 valence electrons. The fourth-order valence-corrected chi connectivity index (χ4v) is 2.91. The van der Waals surface area contributed by atoms with E-state index in [9.17, 15) is 4.39 Å². The summed E-state index contributed by atoms with van der Waals surface area (Å²) in [4.78, 5) is 3.43. The number of H-pyrrole nitrogens is 1. The van der Waals surface area contributed by atoms with Crippen LogP contribution >= 0.6 is 0 Å². The fourth-order valence-electron chi connectivity index (χ4n) is 2.91. The molecule has 0 saturated heterocycles. The van der Waals surface area contributed by atoms with Gasteiger partial charge in [0.05, 0.1) is 5.69 Å². The molecule has 3 aromatic rings. The first-order valence-electron chi connectivity index (χ1n) is 6.12. The van der Waals surface area contributed by atoms with E-state index >= 15 is 0 Å². The molecular weight excluding hydrogens is 225 g/mol. The molecule has 2 aromatic carbocycles. The second-order valence-corrected chi connectivity index (χ2v) is 5.01. The SMILES string of the molecule is Cc1ccc2c3c([nH]c2c1)-c1cc(F)ccc1C3. The number of nitrogens with one attached hydrogen (secondary N) is 1. The highest BCUT2D eigenvalue weighted by molar-refractivity contribution is 5.94. The van der Waals surface area contributed by atoms with Gasteiger partial charge in [0.2, 0.25) is 0 Å². The summed E-state index contributed by atoms with van der Waals surface area (Å²) in [6.45, 7) is 2.08. The third-order valence-electron chi connectivity index (χ3n) is 3.77. The molecule has 1 N–H and O–H groups in total. The van der Waals surface area contributed by atoms with Crippen molar-refractivity contribution in [3.8, 4) is 11.3 Å². The normalized spacial score (nSPS) is 12.8. The third kappa shape index (κ3) is 1.20. The Morgan fingerprint density at radius 3 is 2.89 bits per heavy atom. The van der Waals surface area contributed by atoms with E-state index in [1.807, 2.05) is 6.07 Å². The van der Waals surface area contributed by atoms with Crippen molar-refractivity contribution in [2.75, 3.05) is 0 Å². The molecular formula is C16H12FN. The second kappa shape index (κ2) is 3.22. The Morgan fingerprint density at radius 2 is 2.00 bits per heavy atom. The van der Waals surface area contributed by atoms with Gasteiger partial charge in [0.1, 0.15) is 5.82 Å². The van der Waals surface area contributed by atoms with Crippen LogP contribution in [0.2, 0.25) is 0 Å². The monoisotopic (exact) mass is 237 g/mol. The first-order valence-corrected chi connectivity index (χ1v) is 6.12. The third-order valence-corrected chi connectivity index (χ3v) is 3.77. The molecule has 4 rings (SSSR count). The fraction of sp³-hybridized carbons (Fsp3) is 0.125. The van der Waals surface area contributed by atoms with E-state index < -0.39 is 0 Å². The molecule has 1 nitrogen and oxygen atoms in total. The van der Waals surface area contributed by atoms with Crippen molar-refractivity contribution in [1.29, 1.82) is 0 Å². The van der Waals surface area contributed by atoms with Gasteiger partial charge in [-0.05, 0) is 41.8 Å². The highest BCUT2D eigenvalue weighted by Gasteiger charge is 2.23. The van der Waals surface area contributed by atoms with Gasteiger partial charge in [-0.2, -0.15) is 0 Å². The Hall–Kier alpha value is -2.09. The zero-order valence-corrected chi connectivity index (χ0v) is 10.0. The molecule has 0 saturated carbocycles.